The van der Waals surface area contributed by atoms with Gasteiger partial charge in [0.15, 0.2) is 0 Å². The fourth-order valence-electron chi connectivity index (χ4n) is 1.46. The van der Waals surface area contributed by atoms with Crippen molar-refractivity contribution in [3.63, 3.8) is 0 Å². The number of alkyl halides is 1. The average molecular weight is 383 g/mol. The zero-order valence-corrected chi connectivity index (χ0v) is 11.8. The van der Waals surface area contributed by atoms with Crippen LogP contribution in [0.25, 0.3) is 10.1 Å². The van der Waals surface area contributed by atoms with Crippen LogP contribution < -0.4 is 0 Å². The Balaban J connectivity index is 2.80. The van der Waals surface area contributed by atoms with Crippen molar-refractivity contribution in [3.05, 3.63) is 32.2 Å². The predicted molar refractivity (Wildman–Crippen MR) is 73.1 cm³/mol. The Kier molecular flexibility index (Phi) is 3.46. The number of halogens is 2. The molecular formula is C10H8BrIOS. The smallest absolute Gasteiger partial charge is 0.0695 e. The van der Waals surface area contributed by atoms with E-state index >= 15 is 0 Å². The summed E-state index contributed by atoms with van der Waals surface area (Å²) in [5.74, 6) is 0. The molecule has 0 unspecified atom stereocenters. The molecule has 4 heteroatoms. The first-order chi connectivity index (χ1) is 6.77. The molecule has 2 aromatic rings. The van der Waals surface area contributed by atoms with E-state index in [0.717, 1.165) is 10.9 Å². The second-order valence-corrected chi connectivity index (χ2v) is 5.52. The monoisotopic (exact) mass is 382 g/mol. The molecule has 0 aliphatic rings. The standard InChI is InChI=1S/C10H8BrIOS/c11-4-6-3-7(5-13)10-8(9(6)12)1-2-14-10/h1-3,13H,4-5H2. The lowest BCUT2D eigenvalue weighted by Crippen LogP contribution is -1.91. The fourth-order valence-corrected chi connectivity index (χ4v) is 4.32. The number of hydrogen-bond acceptors (Lipinski definition) is 2. The maximum absolute atomic E-state index is 9.25. The first kappa shape index (κ1) is 10.9. The maximum atomic E-state index is 9.25. The van der Waals surface area contributed by atoms with Gasteiger partial charge in [0.2, 0.25) is 0 Å². The minimum absolute atomic E-state index is 0.119. The third kappa shape index (κ3) is 1.73. The van der Waals surface area contributed by atoms with Crippen molar-refractivity contribution in [1.82, 2.24) is 0 Å². The molecule has 0 spiro atoms. The van der Waals surface area contributed by atoms with Crippen LogP contribution in [0.15, 0.2) is 17.5 Å². The van der Waals surface area contributed by atoms with E-state index in [1.165, 1.54) is 19.2 Å². The van der Waals surface area contributed by atoms with Crippen molar-refractivity contribution in [3.8, 4) is 0 Å². The summed E-state index contributed by atoms with van der Waals surface area (Å²) in [6.45, 7) is 0.119. The topological polar surface area (TPSA) is 20.2 Å². The highest BCUT2D eigenvalue weighted by atomic mass is 127. The third-order valence-electron chi connectivity index (χ3n) is 2.14. The minimum atomic E-state index is 0.119. The van der Waals surface area contributed by atoms with Crippen LogP contribution in [-0.2, 0) is 11.9 Å². The third-order valence-corrected chi connectivity index (χ3v) is 5.01. The number of benzene rings is 1. The van der Waals surface area contributed by atoms with Crippen molar-refractivity contribution in [2.45, 2.75) is 11.9 Å². The summed E-state index contributed by atoms with van der Waals surface area (Å²) in [6.07, 6.45) is 0. The molecule has 0 saturated heterocycles. The van der Waals surface area contributed by atoms with Crippen LogP contribution in [-0.4, -0.2) is 5.11 Å². The van der Waals surface area contributed by atoms with Crippen LogP contribution in [0.5, 0.6) is 0 Å². The molecule has 74 valence electrons. The Labute approximate surface area is 108 Å². The summed E-state index contributed by atoms with van der Waals surface area (Å²) in [6, 6.07) is 4.20. The Hall–Kier alpha value is 0.350. The lowest BCUT2D eigenvalue weighted by atomic mass is 10.1. The fraction of sp³-hybridized carbons (Fsp3) is 0.200. The Bertz CT molecular complexity index is 466. The first-order valence-electron chi connectivity index (χ1n) is 4.12. The summed E-state index contributed by atoms with van der Waals surface area (Å²) in [5, 5.41) is 13.4. The summed E-state index contributed by atoms with van der Waals surface area (Å²) in [7, 11) is 0. The van der Waals surface area contributed by atoms with Gasteiger partial charge in [-0.1, -0.05) is 22.0 Å². The zero-order chi connectivity index (χ0) is 10.1. The quantitative estimate of drug-likeness (QED) is 0.617. The predicted octanol–water partition coefficient (Wildman–Crippen LogP) is 3.89. The first-order valence-corrected chi connectivity index (χ1v) is 7.20. The largest absolute Gasteiger partial charge is 0.392 e. The van der Waals surface area contributed by atoms with Gasteiger partial charge in [0.05, 0.1) is 6.61 Å². The molecule has 0 amide bonds. The molecular weight excluding hydrogens is 375 g/mol. The van der Waals surface area contributed by atoms with E-state index in [-0.39, 0.29) is 6.61 Å². The van der Waals surface area contributed by atoms with E-state index in [1.54, 1.807) is 11.3 Å². The molecule has 1 aromatic carbocycles. The van der Waals surface area contributed by atoms with Gasteiger partial charge >= 0.3 is 0 Å². The molecule has 1 aromatic heterocycles. The molecule has 0 saturated carbocycles. The highest BCUT2D eigenvalue weighted by molar-refractivity contribution is 14.1. The van der Waals surface area contributed by atoms with E-state index in [1.807, 2.05) is 0 Å². The van der Waals surface area contributed by atoms with Gasteiger partial charge in [-0.3, -0.25) is 0 Å². The molecule has 0 atom stereocenters. The number of thiophene rings is 1. The van der Waals surface area contributed by atoms with Gasteiger partial charge in [-0.25, -0.2) is 0 Å². The summed E-state index contributed by atoms with van der Waals surface area (Å²) in [4.78, 5) is 0. The van der Waals surface area contributed by atoms with E-state index in [4.69, 9.17) is 0 Å². The van der Waals surface area contributed by atoms with Crippen LogP contribution in [0, 0.1) is 3.57 Å². The van der Waals surface area contributed by atoms with Crippen LogP contribution in [0.1, 0.15) is 11.1 Å². The van der Waals surface area contributed by atoms with E-state index in [9.17, 15) is 5.11 Å². The number of rotatable bonds is 2. The molecule has 0 bridgehead atoms. The molecule has 14 heavy (non-hydrogen) atoms. The number of fused-ring (bicyclic) bond motifs is 1. The normalized spacial score (nSPS) is 11.1. The van der Waals surface area contributed by atoms with Gasteiger partial charge in [-0.2, -0.15) is 0 Å². The SMILES string of the molecule is OCc1cc(CBr)c(I)c2ccsc12. The van der Waals surface area contributed by atoms with Gasteiger partial charge < -0.3 is 5.11 Å². The van der Waals surface area contributed by atoms with Crippen molar-refractivity contribution in [1.29, 1.82) is 0 Å². The van der Waals surface area contributed by atoms with Crippen molar-refractivity contribution < 1.29 is 5.11 Å². The molecule has 1 nitrogen and oxygen atoms in total. The highest BCUT2D eigenvalue weighted by Gasteiger charge is 2.09. The molecule has 2 rings (SSSR count). The maximum Gasteiger partial charge on any atom is 0.0695 e. The Morgan fingerprint density at radius 3 is 2.86 bits per heavy atom. The van der Waals surface area contributed by atoms with Crippen molar-refractivity contribution in [2.24, 2.45) is 0 Å². The lowest BCUT2D eigenvalue weighted by molar-refractivity contribution is 0.283. The molecule has 0 aliphatic carbocycles. The summed E-state index contributed by atoms with van der Waals surface area (Å²) < 4.78 is 2.49. The minimum Gasteiger partial charge on any atom is -0.392 e. The number of aliphatic hydroxyl groups excluding tert-OH is 1. The van der Waals surface area contributed by atoms with Gasteiger partial charge in [0.1, 0.15) is 0 Å². The van der Waals surface area contributed by atoms with E-state index in [0.29, 0.717) is 0 Å². The van der Waals surface area contributed by atoms with Gasteiger partial charge in [-0.05, 0) is 45.2 Å². The molecule has 0 fully saturated rings. The van der Waals surface area contributed by atoms with Crippen molar-refractivity contribution in [2.75, 3.05) is 0 Å². The molecule has 1 N–H and O–H groups in total. The average Bonchev–Trinajstić information content (AvgIpc) is 2.68. The zero-order valence-electron chi connectivity index (χ0n) is 7.26. The lowest BCUT2D eigenvalue weighted by Gasteiger charge is -2.06. The molecule has 0 aliphatic heterocycles. The number of hydrogen-bond donors (Lipinski definition) is 1. The summed E-state index contributed by atoms with van der Waals surface area (Å²) in [5.41, 5.74) is 2.28. The summed E-state index contributed by atoms with van der Waals surface area (Å²) >= 11 is 7.52. The Morgan fingerprint density at radius 2 is 2.21 bits per heavy atom. The molecule has 0 radical (unpaired) electrons. The van der Waals surface area contributed by atoms with E-state index < -0.39 is 0 Å². The van der Waals surface area contributed by atoms with Crippen LogP contribution in [0.3, 0.4) is 0 Å². The van der Waals surface area contributed by atoms with Crippen LogP contribution in [0.2, 0.25) is 0 Å². The van der Waals surface area contributed by atoms with Gasteiger partial charge in [0.25, 0.3) is 0 Å². The number of aliphatic hydroxyl groups is 1. The van der Waals surface area contributed by atoms with Gasteiger partial charge in [-0.15, -0.1) is 11.3 Å². The van der Waals surface area contributed by atoms with Crippen LogP contribution >= 0.6 is 49.9 Å². The van der Waals surface area contributed by atoms with Crippen molar-refractivity contribution >= 4 is 59.9 Å². The van der Waals surface area contributed by atoms with Crippen LogP contribution in [0.4, 0.5) is 0 Å². The Morgan fingerprint density at radius 1 is 1.43 bits per heavy atom. The highest BCUT2D eigenvalue weighted by Crippen LogP contribution is 2.32. The molecule has 1 heterocycles. The van der Waals surface area contributed by atoms with E-state index in [2.05, 4.69) is 56.0 Å². The second kappa shape index (κ2) is 4.47. The second-order valence-electron chi connectivity index (χ2n) is 2.96. The van der Waals surface area contributed by atoms with Gasteiger partial charge in [0, 0.05) is 19.0 Å².